The van der Waals surface area contributed by atoms with Crippen LogP contribution in [0.5, 0.6) is 0 Å². The number of nitrogens with one attached hydrogen (secondary N) is 1. The van der Waals surface area contributed by atoms with Crippen LogP contribution < -0.4 is 0 Å². The van der Waals surface area contributed by atoms with Gasteiger partial charge in [0.25, 0.3) is 0 Å². The van der Waals surface area contributed by atoms with E-state index >= 15 is 0 Å². The molecule has 10 aromatic rings. The molecular weight excluding hydrogens is 611 g/mol. The summed E-state index contributed by atoms with van der Waals surface area (Å²) in [5, 5.41) is 12.4. The summed E-state index contributed by atoms with van der Waals surface area (Å²) in [7, 11) is 0. The lowest BCUT2D eigenvalue weighted by Gasteiger charge is -2.36. The molecule has 0 fully saturated rings. The first-order valence-electron chi connectivity index (χ1n) is 16.9. The number of hydrogen-bond donors (Lipinski definition) is 1. The molecule has 0 aliphatic rings. The zero-order valence-electron chi connectivity index (χ0n) is 27.1. The van der Waals surface area contributed by atoms with Gasteiger partial charge in [-0.3, -0.25) is 14.2 Å². The van der Waals surface area contributed by atoms with E-state index in [1.807, 2.05) is 6.20 Å². The molecule has 4 heterocycles. The molecule has 0 radical (unpaired) electrons. The van der Waals surface area contributed by atoms with Crippen molar-refractivity contribution in [2.75, 3.05) is 0 Å². The largest absolute Gasteiger partial charge is 0.294 e. The van der Waals surface area contributed by atoms with Crippen LogP contribution in [-0.4, -0.2) is 24.3 Å². The zero-order valence-corrected chi connectivity index (χ0v) is 27.1. The van der Waals surface area contributed by atoms with Crippen LogP contribution in [0.4, 0.5) is 0 Å². The van der Waals surface area contributed by atoms with Crippen molar-refractivity contribution in [1.82, 2.24) is 24.3 Å². The Balaban J connectivity index is 1.28. The first kappa shape index (κ1) is 28.3. The van der Waals surface area contributed by atoms with Crippen LogP contribution in [0, 0.1) is 0 Å². The Morgan fingerprint density at radius 2 is 0.960 bits per heavy atom. The topological polar surface area (TPSA) is 51.4 Å². The van der Waals surface area contributed by atoms with Gasteiger partial charge in [-0.05, 0) is 59.2 Å². The first-order chi connectivity index (χ1) is 24.8. The molecule has 0 saturated carbocycles. The predicted octanol–water partition coefficient (Wildman–Crippen LogP) is 10.4. The van der Waals surface area contributed by atoms with Crippen LogP contribution in [0.3, 0.4) is 0 Å². The molecule has 0 amide bonds. The second kappa shape index (κ2) is 11.2. The summed E-state index contributed by atoms with van der Waals surface area (Å²) in [5.41, 5.74) is 9.00. The molecule has 50 heavy (non-hydrogen) atoms. The number of para-hydroxylation sites is 3. The number of hydrogen-bond acceptors (Lipinski definition) is 2. The SMILES string of the molecule is c1ccc(C(c2ccccc2)(c2cccc(-n3c4ccccc4c4cn[nH]c43)c2)c2cccc(-n3c4ccccc4c4ccccc43)n2)cc1. The van der Waals surface area contributed by atoms with Crippen LogP contribution in [-0.2, 0) is 5.41 Å². The third kappa shape index (κ3) is 4.07. The Labute approximate surface area is 288 Å². The molecule has 0 bridgehead atoms. The van der Waals surface area contributed by atoms with Crippen molar-refractivity contribution >= 4 is 43.7 Å². The number of H-pyrrole nitrogens is 1. The third-order valence-corrected chi connectivity index (χ3v) is 10.2. The van der Waals surface area contributed by atoms with Gasteiger partial charge in [0.15, 0.2) is 0 Å². The molecule has 1 N–H and O–H groups in total. The van der Waals surface area contributed by atoms with Gasteiger partial charge in [0.2, 0.25) is 0 Å². The highest BCUT2D eigenvalue weighted by atomic mass is 15.2. The number of pyridine rings is 1. The average Bonchev–Trinajstić information content (AvgIpc) is 3.88. The maximum atomic E-state index is 5.64. The van der Waals surface area contributed by atoms with E-state index in [4.69, 9.17) is 4.98 Å². The van der Waals surface area contributed by atoms with Gasteiger partial charge in [-0.1, -0.05) is 133 Å². The van der Waals surface area contributed by atoms with Gasteiger partial charge >= 0.3 is 0 Å². The Bertz CT molecular complexity index is 2730. The van der Waals surface area contributed by atoms with Gasteiger partial charge < -0.3 is 0 Å². The van der Waals surface area contributed by atoms with Gasteiger partial charge in [0.1, 0.15) is 11.5 Å². The van der Waals surface area contributed by atoms with E-state index in [9.17, 15) is 0 Å². The molecule has 10 rings (SSSR count). The van der Waals surface area contributed by atoms with Crippen LogP contribution in [0.1, 0.15) is 22.4 Å². The molecule has 0 aliphatic heterocycles. The average molecular weight is 642 g/mol. The summed E-state index contributed by atoms with van der Waals surface area (Å²) in [5.74, 6) is 0.878. The van der Waals surface area contributed by atoms with Gasteiger partial charge in [-0.2, -0.15) is 5.10 Å². The van der Waals surface area contributed by atoms with E-state index in [1.54, 1.807) is 0 Å². The fraction of sp³-hybridized carbons (Fsp3) is 0.0222. The first-order valence-corrected chi connectivity index (χ1v) is 16.9. The number of nitrogens with zero attached hydrogens (tertiary/aromatic N) is 4. The van der Waals surface area contributed by atoms with Crippen LogP contribution in [0.25, 0.3) is 55.2 Å². The summed E-state index contributed by atoms with van der Waals surface area (Å²) in [6.45, 7) is 0. The number of rotatable bonds is 6. The van der Waals surface area contributed by atoms with E-state index in [0.29, 0.717) is 0 Å². The number of benzene rings is 6. The van der Waals surface area contributed by atoms with Crippen LogP contribution in [0.15, 0.2) is 182 Å². The van der Waals surface area contributed by atoms with Crippen molar-refractivity contribution in [3.63, 3.8) is 0 Å². The van der Waals surface area contributed by atoms with Crippen molar-refractivity contribution in [2.45, 2.75) is 5.41 Å². The Kier molecular flexibility index (Phi) is 6.33. The quantitative estimate of drug-likeness (QED) is 0.184. The lowest BCUT2D eigenvalue weighted by Crippen LogP contribution is -2.32. The third-order valence-electron chi connectivity index (χ3n) is 10.2. The lowest BCUT2D eigenvalue weighted by atomic mass is 9.67. The number of aromatic nitrogens is 5. The fourth-order valence-electron chi connectivity index (χ4n) is 8.06. The molecule has 0 aliphatic carbocycles. The van der Waals surface area contributed by atoms with Gasteiger partial charge in [-0.25, -0.2) is 4.98 Å². The minimum absolute atomic E-state index is 0.747. The van der Waals surface area contributed by atoms with Gasteiger partial charge in [-0.15, -0.1) is 0 Å². The molecular formula is C45H31N5. The van der Waals surface area contributed by atoms with Gasteiger partial charge in [0.05, 0.1) is 33.9 Å². The molecule has 0 saturated heterocycles. The second-order valence-electron chi connectivity index (χ2n) is 12.8. The Morgan fingerprint density at radius 3 is 1.60 bits per heavy atom. The maximum absolute atomic E-state index is 5.64. The van der Waals surface area contributed by atoms with Crippen LogP contribution in [0.2, 0.25) is 0 Å². The van der Waals surface area contributed by atoms with Crippen molar-refractivity contribution < 1.29 is 0 Å². The molecule has 4 aromatic heterocycles. The molecule has 0 unspecified atom stereocenters. The zero-order chi connectivity index (χ0) is 33.1. The van der Waals surface area contributed by atoms with Crippen molar-refractivity contribution in [3.8, 4) is 11.5 Å². The van der Waals surface area contributed by atoms with E-state index in [0.717, 1.165) is 61.5 Å². The summed E-state index contributed by atoms with van der Waals surface area (Å²) in [6, 6.07) is 62.7. The minimum Gasteiger partial charge on any atom is -0.294 e. The highest BCUT2D eigenvalue weighted by molar-refractivity contribution is 6.09. The fourth-order valence-corrected chi connectivity index (χ4v) is 8.06. The van der Waals surface area contributed by atoms with Crippen molar-refractivity contribution in [2.24, 2.45) is 0 Å². The highest BCUT2D eigenvalue weighted by Gasteiger charge is 2.40. The standard InChI is InChI=1S/C45H31N5/c1-3-15-31(16-4-1)45(32-17-5-2-6-18-32,33-19-13-20-34(29-33)49-39-24-10-9-23-37(39)38-30-46-48-44(38)49)42-27-14-28-43(47-42)50-40-25-11-7-21-35(40)36-22-8-12-26-41(36)50/h1-30H,(H,46,48). The van der Waals surface area contributed by atoms with E-state index in [2.05, 4.69) is 195 Å². The van der Waals surface area contributed by atoms with E-state index in [-0.39, 0.29) is 0 Å². The smallest absolute Gasteiger partial charge is 0.141 e. The Hall–Kier alpha value is -6.72. The number of aromatic amines is 1. The molecule has 0 atom stereocenters. The molecule has 236 valence electrons. The van der Waals surface area contributed by atoms with Crippen LogP contribution >= 0.6 is 0 Å². The predicted molar refractivity (Wildman–Crippen MR) is 203 cm³/mol. The van der Waals surface area contributed by atoms with E-state index in [1.165, 1.54) is 16.2 Å². The summed E-state index contributed by atoms with van der Waals surface area (Å²) in [4.78, 5) is 5.64. The lowest BCUT2D eigenvalue weighted by molar-refractivity contribution is 0.710. The maximum Gasteiger partial charge on any atom is 0.141 e. The van der Waals surface area contributed by atoms with Crippen molar-refractivity contribution in [1.29, 1.82) is 0 Å². The summed E-state index contributed by atoms with van der Waals surface area (Å²) in [6.07, 6.45) is 1.92. The van der Waals surface area contributed by atoms with E-state index < -0.39 is 5.41 Å². The Morgan fingerprint density at radius 1 is 0.440 bits per heavy atom. The molecule has 0 spiro atoms. The van der Waals surface area contributed by atoms with Gasteiger partial charge in [0, 0.05) is 27.2 Å². The number of fused-ring (bicyclic) bond motifs is 6. The van der Waals surface area contributed by atoms with Crippen molar-refractivity contribution in [3.05, 3.63) is 205 Å². The highest BCUT2D eigenvalue weighted by Crippen LogP contribution is 2.46. The molecule has 5 heteroatoms. The minimum atomic E-state index is -0.747. The molecule has 6 aromatic carbocycles. The second-order valence-corrected chi connectivity index (χ2v) is 12.8. The molecule has 5 nitrogen and oxygen atoms in total. The summed E-state index contributed by atoms with van der Waals surface area (Å²) < 4.78 is 4.58. The normalized spacial score (nSPS) is 12.0. The monoisotopic (exact) mass is 641 g/mol. The summed E-state index contributed by atoms with van der Waals surface area (Å²) >= 11 is 0.